The van der Waals surface area contributed by atoms with Crippen molar-refractivity contribution in [2.75, 3.05) is 0 Å². The van der Waals surface area contributed by atoms with Gasteiger partial charge in [-0.3, -0.25) is 4.79 Å². The summed E-state index contributed by atoms with van der Waals surface area (Å²) in [7, 11) is 0. The monoisotopic (exact) mass is 268 g/mol. The summed E-state index contributed by atoms with van der Waals surface area (Å²) in [6.45, 7) is 3.87. The van der Waals surface area contributed by atoms with Gasteiger partial charge in [0.25, 0.3) is 0 Å². The summed E-state index contributed by atoms with van der Waals surface area (Å²) in [5, 5.41) is 9.56. The molecular weight excluding hydrogens is 248 g/mol. The van der Waals surface area contributed by atoms with Crippen molar-refractivity contribution in [1.82, 2.24) is 0 Å². The van der Waals surface area contributed by atoms with E-state index in [0.29, 0.717) is 12.8 Å². The number of aliphatic carboxylic acids is 1. The van der Waals surface area contributed by atoms with Gasteiger partial charge in [-0.05, 0) is 29.5 Å². The van der Waals surface area contributed by atoms with E-state index in [2.05, 4.69) is 12.1 Å². The lowest BCUT2D eigenvalue weighted by Gasteiger charge is -2.27. The van der Waals surface area contributed by atoms with Crippen LogP contribution in [0.25, 0.3) is 11.1 Å². The van der Waals surface area contributed by atoms with Crippen LogP contribution in [-0.4, -0.2) is 11.1 Å². The van der Waals surface area contributed by atoms with E-state index in [1.165, 1.54) is 0 Å². The average Bonchev–Trinajstić information content (AvgIpc) is 2.50. The second-order valence-corrected chi connectivity index (χ2v) is 5.04. The zero-order valence-corrected chi connectivity index (χ0v) is 12.0. The third-order valence-electron chi connectivity index (χ3n) is 4.16. The van der Waals surface area contributed by atoms with E-state index in [4.69, 9.17) is 0 Å². The fourth-order valence-corrected chi connectivity index (χ4v) is 2.70. The maximum atomic E-state index is 11.6. The number of carbonyl (C=O) groups is 1. The minimum atomic E-state index is -0.769. The maximum absolute atomic E-state index is 11.6. The third kappa shape index (κ3) is 2.46. The van der Waals surface area contributed by atoms with Gasteiger partial charge in [-0.2, -0.15) is 0 Å². The third-order valence-corrected chi connectivity index (χ3v) is 4.16. The standard InChI is InChI=1S/C18H20O2/c1-3-18(4-2,17(19)20)16-12-10-15(11-13-16)14-8-6-5-7-9-14/h5-13H,3-4H2,1-2H3,(H,19,20). The average molecular weight is 268 g/mol. The Labute approximate surface area is 120 Å². The van der Waals surface area contributed by atoms with E-state index in [0.717, 1.165) is 16.7 Å². The van der Waals surface area contributed by atoms with Crippen LogP contribution < -0.4 is 0 Å². The van der Waals surface area contributed by atoms with Crippen LogP contribution in [0, 0.1) is 0 Å². The van der Waals surface area contributed by atoms with Crippen LogP contribution in [-0.2, 0) is 10.2 Å². The summed E-state index contributed by atoms with van der Waals surface area (Å²) >= 11 is 0. The molecule has 0 radical (unpaired) electrons. The highest BCUT2D eigenvalue weighted by atomic mass is 16.4. The van der Waals surface area contributed by atoms with Crippen LogP contribution in [0.5, 0.6) is 0 Å². The van der Waals surface area contributed by atoms with E-state index < -0.39 is 11.4 Å². The highest BCUT2D eigenvalue weighted by Crippen LogP contribution is 2.33. The molecule has 0 aliphatic carbocycles. The van der Waals surface area contributed by atoms with E-state index >= 15 is 0 Å². The molecule has 1 N–H and O–H groups in total. The van der Waals surface area contributed by atoms with Gasteiger partial charge in [0.15, 0.2) is 0 Å². The van der Waals surface area contributed by atoms with Crippen LogP contribution in [0.2, 0.25) is 0 Å². The van der Waals surface area contributed by atoms with Crippen molar-refractivity contribution in [3.05, 3.63) is 60.2 Å². The van der Waals surface area contributed by atoms with Crippen LogP contribution in [0.3, 0.4) is 0 Å². The van der Waals surface area contributed by atoms with Crippen molar-refractivity contribution in [3.63, 3.8) is 0 Å². The molecule has 20 heavy (non-hydrogen) atoms. The Kier molecular flexibility index (Phi) is 4.23. The predicted octanol–water partition coefficient (Wildman–Crippen LogP) is 4.50. The van der Waals surface area contributed by atoms with Crippen molar-refractivity contribution in [2.24, 2.45) is 0 Å². The zero-order chi connectivity index (χ0) is 14.6. The van der Waals surface area contributed by atoms with Crippen LogP contribution >= 0.6 is 0 Å². The topological polar surface area (TPSA) is 37.3 Å². The Bertz CT molecular complexity index is 566. The first-order valence-corrected chi connectivity index (χ1v) is 7.03. The van der Waals surface area contributed by atoms with Crippen LogP contribution in [0.15, 0.2) is 54.6 Å². The molecule has 0 heterocycles. The molecule has 0 saturated heterocycles. The molecule has 0 amide bonds. The SMILES string of the molecule is CCC(CC)(C(=O)O)c1ccc(-c2ccccc2)cc1. The lowest BCUT2D eigenvalue weighted by atomic mass is 9.75. The molecular formula is C18H20O2. The smallest absolute Gasteiger partial charge is 0.314 e. The zero-order valence-electron chi connectivity index (χ0n) is 12.0. The first-order valence-electron chi connectivity index (χ1n) is 7.03. The molecule has 0 aliphatic heterocycles. The molecule has 2 aromatic carbocycles. The lowest BCUT2D eigenvalue weighted by Crippen LogP contribution is -2.34. The second-order valence-electron chi connectivity index (χ2n) is 5.04. The van der Waals surface area contributed by atoms with Gasteiger partial charge in [0.2, 0.25) is 0 Å². The first kappa shape index (κ1) is 14.3. The molecule has 2 rings (SSSR count). The van der Waals surface area contributed by atoms with Gasteiger partial charge in [-0.1, -0.05) is 68.4 Å². The number of benzene rings is 2. The fraction of sp³-hybridized carbons (Fsp3) is 0.278. The lowest BCUT2D eigenvalue weighted by molar-refractivity contribution is -0.144. The minimum absolute atomic E-state index is 0.601. The second kappa shape index (κ2) is 5.91. The van der Waals surface area contributed by atoms with Crippen LogP contribution in [0.1, 0.15) is 32.3 Å². The summed E-state index contributed by atoms with van der Waals surface area (Å²) in [6.07, 6.45) is 1.20. The van der Waals surface area contributed by atoms with E-state index in [1.54, 1.807) is 0 Å². The van der Waals surface area contributed by atoms with Crippen molar-refractivity contribution in [2.45, 2.75) is 32.1 Å². The van der Waals surface area contributed by atoms with E-state index in [9.17, 15) is 9.90 Å². The summed E-state index contributed by atoms with van der Waals surface area (Å²) in [5.74, 6) is -0.741. The normalized spacial score (nSPS) is 11.3. The number of rotatable bonds is 5. The van der Waals surface area contributed by atoms with Gasteiger partial charge >= 0.3 is 5.97 Å². The van der Waals surface area contributed by atoms with Crippen molar-refractivity contribution in [3.8, 4) is 11.1 Å². The summed E-state index contributed by atoms with van der Waals surface area (Å²) in [6, 6.07) is 18.0. The first-order chi connectivity index (χ1) is 9.64. The number of hydrogen-bond donors (Lipinski definition) is 1. The van der Waals surface area contributed by atoms with Gasteiger partial charge < -0.3 is 5.11 Å². The quantitative estimate of drug-likeness (QED) is 0.867. The van der Waals surface area contributed by atoms with E-state index in [-0.39, 0.29) is 0 Å². The molecule has 2 heteroatoms. The minimum Gasteiger partial charge on any atom is -0.481 e. The van der Waals surface area contributed by atoms with Crippen LogP contribution in [0.4, 0.5) is 0 Å². The molecule has 104 valence electrons. The molecule has 0 atom stereocenters. The van der Waals surface area contributed by atoms with Gasteiger partial charge in [0, 0.05) is 0 Å². The Hall–Kier alpha value is -2.09. The molecule has 0 fully saturated rings. The highest BCUT2D eigenvalue weighted by Gasteiger charge is 2.36. The van der Waals surface area contributed by atoms with Gasteiger partial charge in [0.05, 0.1) is 5.41 Å². The predicted molar refractivity (Wildman–Crippen MR) is 81.8 cm³/mol. The largest absolute Gasteiger partial charge is 0.481 e. The van der Waals surface area contributed by atoms with Gasteiger partial charge in [-0.15, -0.1) is 0 Å². The maximum Gasteiger partial charge on any atom is 0.314 e. The molecule has 2 aromatic rings. The van der Waals surface area contributed by atoms with Gasteiger partial charge in [-0.25, -0.2) is 0 Å². The Morgan fingerprint density at radius 2 is 1.40 bits per heavy atom. The highest BCUT2D eigenvalue weighted by molar-refractivity contribution is 5.81. The van der Waals surface area contributed by atoms with Crippen molar-refractivity contribution >= 4 is 5.97 Å². The number of hydrogen-bond acceptors (Lipinski definition) is 1. The van der Waals surface area contributed by atoms with Gasteiger partial charge in [0.1, 0.15) is 0 Å². The summed E-state index contributed by atoms with van der Waals surface area (Å²) in [5.41, 5.74) is 2.37. The molecule has 2 nitrogen and oxygen atoms in total. The summed E-state index contributed by atoms with van der Waals surface area (Å²) in [4.78, 5) is 11.6. The fourth-order valence-electron chi connectivity index (χ4n) is 2.70. The Morgan fingerprint density at radius 3 is 1.85 bits per heavy atom. The molecule has 0 aromatic heterocycles. The molecule has 0 spiro atoms. The molecule has 0 saturated carbocycles. The molecule has 0 aliphatic rings. The number of carboxylic acid groups (broad SMARTS) is 1. The molecule has 0 unspecified atom stereocenters. The van der Waals surface area contributed by atoms with E-state index in [1.807, 2.05) is 56.3 Å². The summed E-state index contributed by atoms with van der Waals surface area (Å²) < 4.78 is 0. The number of carboxylic acids is 1. The Balaban J connectivity index is 2.39. The van der Waals surface area contributed by atoms with Crippen molar-refractivity contribution < 1.29 is 9.90 Å². The molecule has 0 bridgehead atoms. The van der Waals surface area contributed by atoms with Crippen molar-refractivity contribution in [1.29, 1.82) is 0 Å². The Morgan fingerprint density at radius 1 is 0.900 bits per heavy atom.